The first-order valence-electron chi connectivity index (χ1n) is 10.1. The number of nitrogens with zero attached hydrogens (tertiary/aromatic N) is 1. The molecule has 1 aliphatic heterocycles. The molecule has 0 unspecified atom stereocenters. The van der Waals surface area contributed by atoms with Crippen LogP contribution in [-0.2, 0) is 6.42 Å². The normalized spacial score (nSPS) is 16.7. The minimum absolute atomic E-state index is 0.578. The van der Waals surface area contributed by atoms with E-state index in [1.54, 1.807) is 0 Å². The van der Waals surface area contributed by atoms with E-state index in [9.17, 15) is 0 Å². The second-order valence-electron chi connectivity index (χ2n) is 8.09. The zero-order valence-corrected chi connectivity index (χ0v) is 17.4. The van der Waals surface area contributed by atoms with Crippen molar-refractivity contribution < 1.29 is 0 Å². The molecule has 140 valence electrons. The van der Waals surface area contributed by atoms with Gasteiger partial charge in [0.05, 0.1) is 0 Å². The summed E-state index contributed by atoms with van der Waals surface area (Å²) in [6, 6.07) is 7.26. The molecule has 1 fully saturated rings. The van der Waals surface area contributed by atoms with E-state index in [0.29, 0.717) is 6.04 Å². The van der Waals surface area contributed by atoms with Gasteiger partial charge in [-0.1, -0.05) is 50.7 Å². The number of allylic oxidation sites excluding steroid dienone is 1. The van der Waals surface area contributed by atoms with Crippen molar-refractivity contribution in [1.82, 2.24) is 5.32 Å². The molecule has 0 aromatic heterocycles. The predicted molar refractivity (Wildman–Crippen MR) is 118 cm³/mol. The van der Waals surface area contributed by atoms with Crippen molar-refractivity contribution in [2.24, 2.45) is 4.99 Å². The second-order valence-corrected chi connectivity index (χ2v) is 8.09. The van der Waals surface area contributed by atoms with E-state index >= 15 is 0 Å². The fourth-order valence-electron chi connectivity index (χ4n) is 3.42. The monoisotopic (exact) mass is 350 g/mol. The minimum atomic E-state index is 0.578. The van der Waals surface area contributed by atoms with Crippen LogP contribution in [0.1, 0.15) is 56.7 Å². The van der Waals surface area contributed by atoms with Crippen LogP contribution in [0.15, 0.2) is 41.5 Å². The predicted octanol–water partition coefficient (Wildman–Crippen LogP) is 6.16. The average Bonchev–Trinajstić information content (AvgIpc) is 2.63. The Labute approximate surface area is 161 Å². The van der Waals surface area contributed by atoms with Crippen molar-refractivity contribution in [3.05, 3.63) is 53.2 Å². The van der Waals surface area contributed by atoms with Crippen LogP contribution in [0.25, 0.3) is 5.70 Å². The fraction of sp³-hybridized carbons (Fsp3) is 0.522. The lowest BCUT2D eigenvalue weighted by Crippen LogP contribution is -2.33. The Morgan fingerprint density at radius 3 is 2.65 bits per heavy atom. The van der Waals surface area contributed by atoms with Gasteiger partial charge >= 0.3 is 0 Å². The Balaban J connectivity index is 2.05. The molecule has 1 saturated heterocycles. The van der Waals surface area contributed by atoms with Gasteiger partial charge in [-0.25, -0.2) is 0 Å². The molecule has 0 atom stereocenters. The largest absolute Gasteiger partial charge is 0.382 e. The first kappa shape index (κ1) is 20.5. The summed E-state index contributed by atoms with van der Waals surface area (Å²) in [6.07, 6.45) is 9.10. The van der Waals surface area contributed by atoms with E-state index in [1.165, 1.54) is 47.7 Å². The summed E-state index contributed by atoms with van der Waals surface area (Å²) < 4.78 is 0. The number of benzene rings is 1. The third kappa shape index (κ3) is 6.19. The lowest BCUT2D eigenvalue weighted by Gasteiger charge is -2.27. The second kappa shape index (κ2) is 9.80. The fourth-order valence-corrected chi connectivity index (χ4v) is 3.42. The highest BCUT2D eigenvalue weighted by atomic mass is 14.9. The third-order valence-corrected chi connectivity index (χ3v) is 5.60. The van der Waals surface area contributed by atoms with Crippen LogP contribution in [0.4, 0.5) is 0 Å². The maximum atomic E-state index is 4.62. The molecule has 2 rings (SSSR count). The number of rotatable bonds is 7. The third-order valence-electron chi connectivity index (χ3n) is 5.60. The average molecular weight is 350 g/mol. The number of nitrogens with one attached hydrogen (secondary N) is 1. The molecule has 0 amide bonds. The number of aryl methyl sites for hydroxylation is 1. The van der Waals surface area contributed by atoms with Crippen LogP contribution in [0.3, 0.4) is 0 Å². The molecule has 26 heavy (non-hydrogen) atoms. The molecule has 1 N–H and O–H groups in total. The summed E-state index contributed by atoms with van der Waals surface area (Å²) >= 11 is 0. The number of hydrogen-bond acceptors (Lipinski definition) is 2. The van der Waals surface area contributed by atoms with Crippen LogP contribution in [0, 0.1) is 6.92 Å². The van der Waals surface area contributed by atoms with Crippen molar-refractivity contribution in [1.29, 1.82) is 0 Å². The van der Waals surface area contributed by atoms with E-state index in [4.69, 9.17) is 0 Å². The van der Waals surface area contributed by atoms with Gasteiger partial charge in [-0.05, 0) is 62.8 Å². The van der Waals surface area contributed by atoms with Gasteiger partial charge in [-0.3, -0.25) is 4.99 Å². The lowest BCUT2D eigenvalue weighted by molar-refractivity contribution is 0.538. The highest BCUT2D eigenvalue weighted by Crippen LogP contribution is 2.23. The molecule has 0 spiro atoms. The number of hydrogen-bond donors (Lipinski definition) is 1. The zero-order valence-electron chi connectivity index (χ0n) is 17.4. The van der Waals surface area contributed by atoms with Crippen molar-refractivity contribution in [2.75, 3.05) is 0 Å². The topological polar surface area (TPSA) is 24.4 Å². The molecule has 0 radical (unpaired) electrons. The van der Waals surface area contributed by atoms with Gasteiger partial charge in [0.2, 0.25) is 0 Å². The molecule has 1 aliphatic rings. The molecule has 1 aromatic rings. The van der Waals surface area contributed by atoms with Crippen LogP contribution in [0.2, 0.25) is 19.5 Å². The van der Waals surface area contributed by atoms with Gasteiger partial charge in [0.25, 0.3) is 0 Å². The Morgan fingerprint density at radius 1 is 1.31 bits per heavy atom. The molecule has 1 heterocycles. The molecule has 3 heteroatoms. The minimum Gasteiger partial charge on any atom is -0.382 e. The maximum Gasteiger partial charge on any atom is 0.136 e. The zero-order chi connectivity index (χ0) is 19.1. The molecule has 0 saturated carbocycles. The Kier molecular flexibility index (Phi) is 7.74. The molecule has 2 nitrogen and oxygen atoms in total. The first-order valence-corrected chi connectivity index (χ1v) is 10.1. The maximum absolute atomic E-state index is 4.62. The van der Waals surface area contributed by atoms with E-state index < -0.39 is 0 Å². The molecule has 1 aromatic carbocycles. The standard InChI is InChI=1S/C23H35BN2/c1-7-17(2)16-25-19(4)14-22-15-21(9-8-18(22)3)20(5)26-23-10-12-24(6)13-11-23/h8-9,15-16,23,26H,5,7,10-14H2,1-4,6H3/b17-16-,25-19?. The van der Waals surface area contributed by atoms with Crippen molar-refractivity contribution >= 4 is 18.1 Å². The molecule has 0 aliphatic carbocycles. The van der Waals surface area contributed by atoms with Gasteiger partial charge in [-0.2, -0.15) is 0 Å². The highest BCUT2D eigenvalue weighted by molar-refractivity contribution is 6.57. The molecular formula is C23H35BN2. The summed E-state index contributed by atoms with van der Waals surface area (Å²) in [5.41, 5.74) is 7.39. The quantitative estimate of drug-likeness (QED) is 0.462. The van der Waals surface area contributed by atoms with Crippen LogP contribution >= 0.6 is 0 Å². The van der Waals surface area contributed by atoms with Crippen LogP contribution in [0.5, 0.6) is 0 Å². The SMILES string of the molecule is C=C(NC1CCB(C)CC1)c1ccc(C)c(CC(C)=N/C=C(/C)CC)c1. The van der Waals surface area contributed by atoms with Crippen LogP contribution < -0.4 is 5.32 Å². The Morgan fingerprint density at radius 2 is 2.00 bits per heavy atom. The summed E-state index contributed by atoms with van der Waals surface area (Å²) in [4.78, 5) is 4.62. The molecule has 0 bridgehead atoms. The van der Waals surface area contributed by atoms with Gasteiger partial charge < -0.3 is 5.32 Å². The van der Waals surface area contributed by atoms with Gasteiger partial charge in [0.1, 0.15) is 6.71 Å². The number of aliphatic imine (C=N–C) groups is 1. The smallest absolute Gasteiger partial charge is 0.136 e. The summed E-state index contributed by atoms with van der Waals surface area (Å²) in [6.45, 7) is 16.1. The van der Waals surface area contributed by atoms with E-state index in [0.717, 1.165) is 31.0 Å². The van der Waals surface area contributed by atoms with E-state index in [1.807, 2.05) is 6.20 Å². The Hall–Kier alpha value is -1.77. The van der Waals surface area contributed by atoms with E-state index in [-0.39, 0.29) is 0 Å². The van der Waals surface area contributed by atoms with Crippen molar-refractivity contribution in [2.45, 2.75) is 78.9 Å². The Bertz CT molecular complexity index is 679. The lowest BCUT2D eigenvalue weighted by atomic mass is 9.43. The van der Waals surface area contributed by atoms with Gasteiger partial charge in [0, 0.05) is 30.1 Å². The van der Waals surface area contributed by atoms with Crippen molar-refractivity contribution in [3.8, 4) is 0 Å². The van der Waals surface area contributed by atoms with Gasteiger partial charge in [0.15, 0.2) is 0 Å². The molecular weight excluding hydrogens is 315 g/mol. The highest BCUT2D eigenvalue weighted by Gasteiger charge is 2.20. The van der Waals surface area contributed by atoms with E-state index in [2.05, 4.69) is 69.6 Å². The summed E-state index contributed by atoms with van der Waals surface area (Å²) in [7, 11) is 0. The summed E-state index contributed by atoms with van der Waals surface area (Å²) in [5.74, 6) is 0. The summed E-state index contributed by atoms with van der Waals surface area (Å²) in [5, 5.41) is 3.67. The van der Waals surface area contributed by atoms with Crippen LogP contribution in [-0.4, -0.2) is 18.5 Å². The van der Waals surface area contributed by atoms with Gasteiger partial charge in [-0.15, -0.1) is 0 Å². The van der Waals surface area contributed by atoms with Crippen molar-refractivity contribution in [3.63, 3.8) is 0 Å². The first-order chi connectivity index (χ1) is 12.4.